The van der Waals surface area contributed by atoms with Crippen LogP contribution in [-0.4, -0.2) is 5.91 Å². The van der Waals surface area contributed by atoms with E-state index in [1.807, 2.05) is 6.07 Å². The van der Waals surface area contributed by atoms with Crippen LogP contribution in [0.2, 0.25) is 0 Å². The van der Waals surface area contributed by atoms with Crippen molar-refractivity contribution >= 4 is 5.91 Å². The molecule has 0 saturated carbocycles. The van der Waals surface area contributed by atoms with Crippen LogP contribution in [0.4, 0.5) is 8.78 Å². The Morgan fingerprint density at radius 3 is 2.54 bits per heavy atom. The average Bonchev–Trinajstić information content (AvgIpc) is 2.57. The summed E-state index contributed by atoms with van der Waals surface area (Å²) in [6, 6.07) is 9.57. The van der Waals surface area contributed by atoms with Crippen LogP contribution in [0, 0.1) is 11.6 Å². The van der Waals surface area contributed by atoms with Gasteiger partial charge < -0.3 is 5.32 Å². The molecule has 1 aliphatic carbocycles. The Labute approximate surface area is 140 Å². The molecule has 126 valence electrons. The standard InChI is InChI=1S/C20H21F2NO/c1-13(16-8-9-18(21)19(22)12-16)23-20(24)11-14-6-7-15-4-2-3-5-17(15)10-14/h6-10,12-13H,2-5,11H2,1H3,(H,23,24). The van der Waals surface area contributed by atoms with Crippen LogP contribution < -0.4 is 5.32 Å². The van der Waals surface area contributed by atoms with Crippen LogP contribution in [0.3, 0.4) is 0 Å². The predicted molar refractivity (Wildman–Crippen MR) is 89.7 cm³/mol. The van der Waals surface area contributed by atoms with Gasteiger partial charge in [-0.3, -0.25) is 4.79 Å². The van der Waals surface area contributed by atoms with Gasteiger partial charge in [-0.15, -0.1) is 0 Å². The van der Waals surface area contributed by atoms with Crippen LogP contribution >= 0.6 is 0 Å². The van der Waals surface area contributed by atoms with E-state index in [0.717, 1.165) is 30.5 Å². The number of benzene rings is 2. The predicted octanol–water partition coefficient (Wildman–Crippen LogP) is 4.26. The molecule has 1 aliphatic rings. The van der Waals surface area contributed by atoms with E-state index in [4.69, 9.17) is 0 Å². The summed E-state index contributed by atoms with van der Waals surface area (Å²) in [5.41, 5.74) is 4.28. The van der Waals surface area contributed by atoms with Gasteiger partial charge in [0, 0.05) is 0 Å². The number of fused-ring (bicyclic) bond motifs is 1. The van der Waals surface area contributed by atoms with Crippen molar-refractivity contribution in [2.24, 2.45) is 0 Å². The third kappa shape index (κ3) is 3.81. The summed E-state index contributed by atoms with van der Waals surface area (Å²) >= 11 is 0. The number of nitrogens with one attached hydrogen (secondary N) is 1. The molecule has 24 heavy (non-hydrogen) atoms. The molecular weight excluding hydrogens is 308 g/mol. The highest BCUT2D eigenvalue weighted by Crippen LogP contribution is 2.22. The summed E-state index contributed by atoms with van der Waals surface area (Å²) in [6.45, 7) is 1.76. The second-order valence-electron chi connectivity index (χ2n) is 6.45. The van der Waals surface area contributed by atoms with Crippen LogP contribution in [0.15, 0.2) is 36.4 Å². The molecule has 0 bridgehead atoms. The molecule has 2 aromatic carbocycles. The molecule has 0 fully saturated rings. The molecule has 0 heterocycles. The van der Waals surface area contributed by atoms with E-state index in [0.29, 0.717) is 12.0 Å². The molecule has 3 rings (SSSR count). The van der Waals surface area contributed by atoms with Crippen molar-refractivity contribution in [1.82, 2.24) is 5.32 Å². The second-order valence-corrected chi connectivity index (χ2v) is 6.45. The van der Waals surface area contributed by atoms with E-state index in [2.05, 4.69) is 17.4 Å². The van der Waals surface area contributed by atoms with E-state index in [-0.39, 0.29) is 11.9 Å². The summed E-state index contributed by atoms with van der Waals surface area (Å²) in [5.74, 6) is -1.90. The molecule has 1 atom stereocenters. The topological polar surface area (TPSA) is 29.1 Å². The SMILES string of the molecule is CC(NC(=O)Cc1ccc2c(c1)CCCC2)c1ccc(F)c(F)c1. The molecule has 0 saturated heterocycles. The largest absolute Gasteiger partial charge is 0.349 e. The minimum atomic E-state index is -0.900. The lowest BCUT2D eigenvalue weighted by atomic mass is 9.90. The van der Waals surface area contributed by atoms with Crippen molar-refractivity contribution in [3.8, 4) is 0 Å². The molecule has 0 aromatic heterocycles. The summed E-state index contributed by atoms with van der Waals surface area (Å²) < 4.78 is 26.3. The number of hydrogen-bond acceptors (Lipinski definition) is 1. The van der Waals surface area contributed by atoms with Crippen molar-refractivity contribution < 1.29 is 13.6 Å². The Kier molecular flexibility index (Phi) is 4.93. The minimum Gasteiger partial charge on any atom is -0.349 e. The van der Waals surface area contributed by atoms with Crippen molar-refractivity contribution in [1.29, 1.82) is 0 Å². The highest BCUT2D eigenvalue weighted by Gasteiger charge is 2.14. The van der Waals surface area contributed by atoms with E-state index in [1.54, 1.807) is 6.92 Å². The molecule has 0 radical (unpaired) electrons. The Morgan fingerprint density at radius 2 is 1.79 bits per heavy atom. The number of hydrogen-bond donors (Lipinski definition) is 1. The summed E-state index contributed by atoms with van der Waals surface area (Å²) in [7, 11) is 0. The van der Waals surface area contributed by atoms with E-state index in [9.17, 15) is 13.6 Å². The van der Waals surface area contributed by atoms with Gasteiger partial charge in [0.1, 0.15) is 0 Å². The maximum absolute atomic E-state index is 13.3. The first-order valence-electron chi connectivity index (χ1n) is 8.38. The van der Waals surface area contributed by atoms with Crippen LogP contribution in [0.5, 0.6) is 0 Å². The average molecular weight is 329 g/mol. The van der Waals surface area contributed by atoms with Crippen molar-refractivity contribution in [2.45, 2.75) is 45.1 Å². The Morgan fingerprint density at radius 1 is 1.04 bits per heavy atom. The van der Waals surface area contributed by atoms with Crippen molar-refractivity contribution in [2.75, 3.05) is 0 Å². The van der Waals surface area contributed by atoms with Gasteiger partial charge in [0.05, 0.1) is 12.5 Å². The van der Waals surface area contributed by atoms with E-state index >= 15 is 0 Å². The van der Waals surface area contributed by atoms with Gasteiger partial charge in [0.25, 0.3) is 0 Å². The summed E-state index contributed by atoms with van der Waals surface area (Å²) in [5, 5.41) is 2.84. The normalized spacial score (nSPS) is 14.8. The van der Waals surface area contributed by atoms with Gasteiger partial charge in [0.15, 0.2) is 11.6 Å². The van der Waals surface area contributed by atoms with Gasteiger partial charge in [-0.05, 0) is 67.0 Å². The molecular formula is C20H21F2NO. The fourth-order valence-corrected chi connectivity index (χ4v) is 3.24. The van der Waals surface area contributed by atoms with Gasteiger partial charge in [-0.1, -0.05) is 24.3 Å². The Hall–Kier alpha value is -2.23. The third-order valence-electron chi connectivity index (χ3n) is 4.60. The first-order chi connectivity index (χ1) is 11.5. The molecule has 1 N–H and O–H groups in total. The molecule has 2 aromatic rings. The Balaban J connectivity index is 1.63. The molecule has 0 aliphatic heterocycles. The zero-order chi connectivity index (χ0) is 17.1. The number of aryl methyl sites for hydroxylation is 2. The lowest BCUT2D eigenvalue weighted by Crippen LogP contribution is -2.28. The zero-order valence-electron chi connectivity index (χ0n) is 13.7. The first-order valence-corrected chi connectivity index (χ1v) is 8.38. The lowest BCUT2D eigenvalue weighted by molar-refractivity contribution is -0.121. The highest BCUT2D eigenvalue weighted by atomic mass is 19.2. The number of carbonyl (C=O) groups is 1. The van der Waals surface area contributed by atoms with E-state index < -0.39 is 11.6 Å². The maximum atomic E-state index is 13.3. The Bertz CT molecular complexity index is 757. The number of amides is 1. The number of rotatable bonds is 4. The van der Waals surface area contributed by atoms with Gasteiger partial charge >= 0.3 is 0 Å². The summed E-state index contributed by atoms with van der Waals surface area (Å²) in [6.07, 6.45) is 4.93. The van der Waals surface area contributed by atoms with Crippen LogP contribution in [0.25, 0.3) is 0 Å². The van der Waals surface area contributed by atoms with E-state index in [1.165, 1.54) is 30.0 Å². The van der Waals surface area contributed by atoms with Crippen LogP contribution in [0.1, 0.15) is 48.1 Å². The van der Waals surface area contributed by atoms with Crippen molar-refractivity contribution in [3.05, 3.63) is 70.3 Å². The lowest BCUT2D eigenvalue weighted by Gasteiger charge is -2.17. The molecule has 1 unspecified atom stereocenters. The molecule has 4 heteroatoms. The highest BCUT2D eigenvalue weighted by molar-refractivity contribution is 5.79. The van der Waals surface area contributed by atoms with Gasteiger partial charge in [0.2, 0.25) is 5.91 Å². The second kappa shape index (κ2) is 7.12. The fourth-order valence-electron chi connectivity index (χ4n) is 3.24. The molecule has 1 amide bonds. The minimum absolute atomic E-state index is 0.122. The monoisotopic (exact) mass is 329 g/mol. The zero-order valence-corrected chi connectivity index (χ0v) is 13.7. The summed E-state index contributed by atoms with van der Waals surface area (Å²) in [4.78, 5) is 12.2. The van der Waals surface area contributed by atoms with Crippen LogP contribution in [-0.2, 0) is 24.1 Å². The first kappa shape index (κ1) is 16.6. The van der Waals surface area contributed by atoms with Gasteiger partial charge in [-0.25, -0.2) is 8.78 Å². The number of carbonyl (C=O) groups excluding carboxylic acids is 1. The van der Waals surface area contributed by atoms with Crippen molar-refractivity contribution in [3.63, 3.8) is 0 Å². The maximum Gasteiger partial charge on any atom is 0.224 e. The molecule has 2 nitrogen and oxygen atoms in total. The number of halogens is 2. The molecule has 0 spiro atoms. The van der Waals surface area contributed by atoms with Gasteiger partial charge in [-0.2, -0.15) is 0 Å². The fraction of sp³-hybridized carbons (Fsp3) is 0.350. The smallest absolute Gasteiger partial charge is 0.224 e. The quantitative estimate of drug-likeness (QED) is 0.892. The third-order valence-corrected chi connectivity index (χ3v) is 4.60.